The van der Waals surface area contributed by atoms with Crippen LogP contribution in [0.25, 0.3) is 0 Å². The van der Waals surface area contributed by atoms with Gasteiger partial charge < -0.3 is 10.1 Å². The van der Waals surface area contributed by atoms with E-state index in [2.05, 4.69) is 55.2 Å². The van der Waals surface area contributed by atoms with E-state index in [1.807, 2.05) is 0 Å². The average molecular weight is 305 g/mol. The number of thioether (sulfide) groups is 1. The normalized spacial score (nSPS) is 28.2. The van der Waals surface area contributed by atoms with Crippen LogP contribution in [0.3, 0.4) is 0 Å². The van der Waals surface area contributed by atoms with Crippen molar-refractivity contribution in [3.63, 3.8) is 0 Å². The molecule has 0 amide bonds. The van der Waals surface area contributed by atoms with Crippen LogP contribution in [0.1, 0.15) is 32.3 Å². The Labute approximate surface area is 133 Å². The van der Waals surface area contributed by atoms with E-state index in [0.717, 1.165) is 37.5 Å². The van der Waals surface area contributed by atoms with Gasteiger partial charge in [-0.2, -0.15) is 0 Å². The molecular weight excluding hydrogens is 278 g/mol. The van der Waals surface area contributed by atoms with E-state index >= 15 is 0 Å². The predicted octanol–water partition coefficient (Wildman–Crippen LogP) is 3.75. The van der Waals surface area contributed by atoms with E-state index in [0.29, 0.717) is 5.41 Å². The molecule has 0 radical (unpaired) electrons. The zero-order valence-electron chi connectivity index (χ0n) is 13.2. The summed E-state index contributed by atoms with van der Waals surface area (Å²) < 4.78 is 5.76. The van der Waals surface area contributed by atoms with Crippen LogP contribution in [0.4, 0.5) is 0 Å². The quantitative estimate of drug-likeness (QED) is 0.865. The van der Waals surface area contributed by atoms with Crippen LogP contribution in [0.15, 0.2) is 29.2 Å². The van der Waals surface area contributed by atoms with Crippen LogP contribution in [-0.4, -0.2) is 31.6 Å². The highest BCUT2D eigenvalue weighted by molar-refractivity contribution is 8.00. The van der Waals surface area contributed by atoms with Gasteiger partial charge in [-0.25, -0.2) is 0 Å². The lowest BCUT2D eigenvalue weighted by Gasteiger charge is -2.30. The molecule has 1 aromatic carbocycles. The van der Waals surface area contributed by atoms with Gasteiger partial charge in [-0.3, -0.25) is 0 Å². The van der Waals surface area contributed by atoms with Crippen LogP contribution in [0.2, 0.25) is 0 Å². The van der Waals surface area contributed by atoms with E-state index in [9.17, 15) is 0 Å². The highest BCUT2D eigenvalue weighted by Crippen LogP contribution is 2.44. The third-order valence-electron chi connectivity index (χ3n) is 4.61. The van der Waals surface area contributed by atoms with E-state index in [-0.39, 0.29) is 0 Å². The van der Waals surface area contributed by atoms with Crippen LogP contribution in [-0.2, 0) is 11.2 Å². The van der Waals surface area contributed by atoms with Gasteiger partial charge in [-0.1, -0.05) is 32.0 Å². The van der Waals surface area contributed by atoms with E-state index in [1.165, 1.54) is 29.7 Å². The first kappa shape index (κ1) is 15.4. The zero-order valence-corrected chi connectivity index (χ0v) is 14.0. The maximum absolute atomic E-state index is 5.76. The van der Waals surface area contributed by atoms with Gasteiger partial charge in [0.25, 0.3) is 0 Å². The Kier molecular flexibility index (Phi) is 4.92. The SMILES string of the molecule is CC(C)CNCC1(CC2Cc3ccccc3S2)CCOC1. The van der Waals surface area contributed by atoms with Gasteiger partial charge in [0.15, 0.2) is 0 Å². The molecule has 1 N–H and O–H groups in total. The molecular formula is C18H27NOS. The summed E-state index contributed by atoms with van der Waals surface area (Å²) in [7, 11) is 0. The van der Waals surface area contributed by atoms with Gasteiger partial charge in [0.2, 0.25) is 0 Å². The molecule has 1 fully saturated rings. The Hall–Kier alpha value is -0.510. The molecule has 116 valence electrons. The molecule has 0 aromatic heterocycles. The summed E-state index contributed by atoms with van der Waals surface area (Å²) in [5, 5.41) is 4.40. The van der Waals surface area contributed by atoms with E-state index in [4.69, 9.17) is 4.74 Å². The lowest BCUT2D eigenvalue weighted by atomic mass is 9.81. The molecule has 3 rings (SSSR count). The van der Waals surface area contributed by atoms with Crippen molar-refractivity contribution in [1.29, 1.82) is 0 Å². The summed E-state index contributed by atoms with van der Waals surface area (Å²) in [6.07, 6.45) is 3.72. The van der Waals surface area contributed by atoms with Crippen LogP contribution < -0.4 is 5.32 Å². The first-order valence-electron chi connectivity index (χ1n) is 8.20. The molecule has 0 bridgehead atoms. The molecule has 21 heavy (non-hydrogen) atoms. The second-order valence-electron chi connectivity index (χ2n) is 7.08. The second-order valence-corrected chi connectivity index (χ2v) is 8.43. The topological polar surface area (TPSA) is 21.3 Å². The molecule has 0 spiro atoms. The molecule has 3 heteroatoms. The smallest absolute Gasteiger partial charge is 0.0535 e. The largest absolute Gasteiger partial charge is 0.381 e. The first-order valence-corrected chi connectivity index (χ1v) is 9.08. The Morgan fingerprint density at radius 3 is 2.95 bits per heavy atom. The number of ether oxygens (including phenoxy) is 1. The molecule has 1 saturated heterocycles. The van der Waals surface area contributed by atoms with Crippen LogP contribution in [0, 0.1) is 11.3 Å². The van der Waals surface area contributed by atoms with Crippen molar-refractivity contribution >= 4 is 11.8 Å². The van der Waals surface area contributed by atoms with Gasteiger partial charge in [0.1, 0.15) is 0 Å². The molecule has 2 atom stereocenters. The highest BCUT2D eigenvalue weighted by Gasteiger charge is 2.38. The van der Waals surface area contributed by atoms with Gasteiger partial charge in [0, 0.05) is 28.7 Å². The van der Waals surface area contributed by atoms with Crippen LogP contribution in [0.5, 0.6) is 0 Å². The number of rotatable bonds is 6. The van der Waals surface area contributed by atoms with Crippen molar-refractivity contribution in [2.45, 2.75) is 43.3 Å². The summed E-state index contributed by atoms with van der Waals surface area (Å²) in [6, 6.07) is 8.89. The maximum atomic E-state index is 5.76. The van der Waals surface area contributed by atoms with Crippen molar-refractivity contribution in [3.8, 4) is 0 Å². The van der Waals surface area contributed by atoms with Gasteiger partial charge in [-0.15, -0.1) is 11.8 Å². The number of hydrogen-bond donors (Lipinski definition) is 1. The van der Waals surface area contributed by atoms with Gasteiger partial charge >= 0.3 is 0 Å². The molecule has 0 saturated carbocycles. The van der Waals surface area contributed by atoms with Crippen LogP contribution >= 0.6 is 11.8 Å². The molecule has 2 heterocycles. The molecule has 2 unspecified atom stereocenters. The molecule has 2 aliphatic heterocycles. The minimum absolute atomic E-state index is 0.356. The fourth-order valence-electron chi connectivity index (χ4n) is 3.50. The summed E-state index contributed by atoms with van der Waals surface area (Å²) >= 11 is 2.08. The minimum atomic E-state index is 0.356. The monoisotopic (exact) mass is 305 g/mol. The second kappa shape index (κ2) is 6.72. The van der Waals surface area contributed by atoms with Crippen molar-refractivity contribution in [1.82, 2.24) is 5.32 Å². The van der Waals surface area contributed by atoms with E-state index in [1.54, 1.807) is 0 Å². The molecule has 2 aliphatic rings. The Morgan fingerprint density at radius 1 is 1.38 bits per heavy atom. The average Bonchev–Trinajstić information content (AvgIpc) is 3.05. The predicted molar refractivity (Wildman–Crippen MR) is 90.0 cm³/mol. The van der Waals surface area contributed by atoms with E-state index < -0.39 is 0 Å². The summed E-state index contributed by atoms with van der Waals surface area (Å²) in [6.45, 7) is 8.64. The third-order valence-corrected chi connectivity index (χ3v) is 5.93. The zero-order chi connectivity index (χ0) is 14.7. The first-order chi connectivity index (χ1) is 10.2. The number of benzene rings is 1. The maximum Gasteiger partial charge on any atom is 0.0535 e. The van der Waals surface area contributed by atoms with Gasteiger partial charge in [-0.05, 0) is 43.4 Å². The van der Waals surface area contributed by atoms with Crippen molar-refractivity contribution in [3.05, 3.63) is 29.8 Å². The Morgan fingerprint density at radius 2 is 2.24 bits per heavy atom. The molecule has 1 aromatic rings. The lowest BCUT2D eigenvalue weighted by molar-refractivity contribution is 0.143. The fourth-order valence-corrected chi connectivity index (χ4v) is 5.02. The number of fused-ring (bicyclic) bond motifs is 1. The fraction of sp³-hybridized carbons (Fsp3) is 0.667. The summed E-state index contributed by atoms with van der Waals surface area (Å²) in [4.78, 5) is 1.49. The number of hydrogen-bond acceptors (Lipinski definition) is 3. The minimum Gasteiger partial charge on any atom is -0.381 e. The van der Waals surface area contributed by atoms with Crippen molar-refractivity contribution in [2.75, 3.05) is 26.3 Å². The Bertz CT molecular complexity index is 443. The lowest BCUT2D eigenvalue weighted by Crippen LogP contribution is -2.38. The highest BCUT2D eigenvalue weighted by atomic mass is 32.2. The standard InChI is InChI=1S/C18H27NOS/c1-14(2)11-19-12-18(7-8-20-13-18)10-16-9-15-5-3-4-6-17(15)21-16/h3-6,14,16,19H,7-13H2,1-2H3. The molecule has 0 aliphatic carbocycles. The van der Waals surface area contributed by atoms with Crippen molar-refractivity contribution < 1.29 is 4.74 Å². The van der Waals surface area contributed by atoms with Crippen molar-refractivity contribution in [2.24, 2.45) is 11.3 Å². The molecule has 2 nitrogen and oxygen atoms in total. The Balaban J connectivity index is 1.59. The van der Waals surface area contributed by atoms with Gasteiger partial charge in [0.05, 0.1) is 6.61 Å². The third kappa shape index (κ3) is 3.82. The summed E-state index contributed by atoms with van der Waals surface area (Å²) in [5.41, 5.74) is 1.89. The number of nitrogens with one attached hydrogen (secondary N) is 1. The summed E-state index contributed by atoms with van der Waals surface area (Å²) in [5.74, 6) is 0.717.